The van der Waals surface area contributed by atoms with Gasteiger partial charge in [-0.2, -0.15) is 0 Å². The zero-order valence-electron chi connectivity index (χ0n) is 18.3. The predicted molar refractivity (Wildman–Crippen MR) is 128 cm³/mol. The number of benzene rings is 3. The minimum atomic E-state index is 0.0972. The standard InChI is InChI=1S/C27H27N3O/c1-18-4-6-19(7-5-18)21-10-13-25-23(16-21)24-17-30(15-14-26(24)28-25)27(31)20-8-11-22(12-9-20)29(2)3/h4-13,16,28H,14-15,17H2,1-3H3. The average Bonchev–Trinajstić information content (AvgIpc) is 3.16. The molecule has 0 fully saturated rings. The van der Waals surface area contributed by atoms with Gasteiger partial charge in [0.25, 0.3) is 5.91 Å². The Morgan fingerprint density at radius 2 is 1.65 bits per heavy atom. The molecule has 31 heavy (non-hydrogen) atoms. The summed E-state index contributed by atoms with van der Waals surface area (Å²) >= 11 is 0. The number of H-pyrrole nitrogens is 1. The average molecular weight is 410 g/mol. The van der Waals surface area contributed by atoms with Gasteiger partial charge in [-0.05, 0) is 54.4 Å². The van der Waals surface area contributed by atoms with Gasteiger partial charge in [-0.25, -0.2) is 0 Å². The molecule has 0 aliphatic carbocycles. The van der Waals surface area contributed by atoms with Crippen molar-refractivity contribution in [3.8, 4) is 11.1 Å². The molecule has 1 aliphatic rings. The second-order valence-corrected chi connectivity index (χ2v) is 8.63. The summed E-state index contributed by atoms with van der Waals surface area (Å²) < 4.78 is 0. The summed E-state index contributed by atoms with van der Waals surface area (Å²) in [7, 11) is 4.01. The summed E-state index contributed by atoms with van der Waals surface area (Å²) in [6.45, 7) is 3.48. The van der Waals surface area contributed by atoms with E-state index in [1.807, 2.05) is 48.2 Å². The second kappa shape index (κ2) is 7.62. The van der Waals surface area contributed by atoms with E-state index in [0.29, 0.717) is 6.54 Å². The first kappa shape index (κ1) is 19.4. The molecule has 4 aromatic rings. The fourth-order valence-electron chi connectivity index (χ4n) is 4.40. The lowest BCUT2D eigenvalue weighted by Crippen LogP contribution is -2.35. The first-order valence-electron chi connectivity index (χ1n) is 10.8. The van der Waals surface area contributed by atoms with E-state index < -0.39 is 0 Å². The third-order valence-electron chi connectivity index (χ3n) is 6.28. The van der Waals surface area contributed by atoms with Crippen molar-refractivity contribution >= 4 is 22.5 Å². The summed E-state index contributed by atoms with van der Waals surface area (Å²) in [5.41, 5.74) is 9.16. The lowest BCUT2D eigenvalue weighted by Gasteiger charge is -2.27. The van der Waals surface area contributed by atoms with E-state index in [9.17, 15) is 4.79 Å². The summed E-state index contributed by atoms with van der Waals surface area (Å²) in [5.74, 6) is 0.0972. The van der Waals surface area contributed by atoms with Gasteiger partial charge in [0.05, 0.1) is 0 Å². The van der Waals surface area contributed by atoms with Gasteiger partial charge in [-0.3, -0.25) is 4.79 Å². The highest BCUT2D eigenvalue weighted by atomic mass is 16.2. The summed E-state index contributed by atoms with van der Waals surface area (Å²) in [6.07, 6.45) is 0.853. The summed E-state index contributed by atoms with van der Waals surface area (Å²) in [4.78, 5) is 20.8. The van der Waals surface area contributed by atoms with Crippen molar-refractivity contribution < 1.29 is 4.79 Å². The number of anilines is 1. The van der Waals surface area contributed by atoms with Crippen LogP contribution in [0.1, 0.15) is 27.2 Å². The van der Waals surface area contributed by atoms with E-state index in [-0.39, 0.29) is 5.91 Å². The molecule has 5 rings (SSSR count). The number of aromatic amines is 1. The molecule has 1 aliphatic heterocycles. The third-order valence-corrected chi connectivity index (χ3v) is 6.28. The number of carbonyl (C=O) groups excluding carboxylic acids is 1. The van der Waals surface area contributed by atoms with Crippen molar-refractivity contribution in [1.29, 1.82) is 0 Å². The number of aromatic nitrogens is 1. The minimum Gasteiger partial charge on any atom is -0.378 e. The molecule has 1 amide bonds. The van der Waals surface area contributed by atoms with Gasteiger partial charge < -0.3 is 14.8 Å². The number of rotatable bonds is 3. The fraction of sp³-hybridized carbons (Fsp3) is 0.222. The van der Waals surface area contributed by atoms with Crippen LogP contribution >= 0.6 is 0 Å². The number of carbonyl (C=O) groups is 1. The largest absolute Gasteiger partial charge is 0.378 e. The number of hydrogen-bond acceptors (Lipinski definition) is 2. The van der Waals surface area contributed by atoms with Gasteiger partial charge >= 0.3 is 0 Å². The molecule has 0 saturated heterocycles. The smallest absolute Gasteiger partial charge is 0.254 e. The molecule has 0 saturated carbocycles. The van der Waals surface area contributed by atoms with Crippen LogP contribution in [0.4, 0.5) is 5.69 Å². The van der Waals surface area contributed by atoms with Gasteiger partial charge in [-0.15, -0.1) is 0 Å². The van der Waals surface area contributed by atoms with E-state index in [1.54, 1.807) is 0 Å². The maximum absolute atomic E-state index is 13.2. The van der Waals surface area contributed by atoms with Gasteiger partial charge in [-0.1, -0.05) is 35.9 Å². The Balaban J connectivity index is 1.45. The monoisotopic (exact) mass is 409 g/mol. The number of nitrogens with one attached hydrogen (secondary N) is 1. The molecule has 0 spiro atoms. The maximum atomic E-state index is 13.2. The van der Waals surface area contributed by atoms with Crippen molar-refractivity contribution in [2.24, 2.45) is 0 Å². The third kappa shape index (κ3) is 3.59. The number of hydrogen-bond donors (Lipinski definition) is 1. The number of amides is 1. The lowest BCUT2D eigenvalue weighted by molar-refractivity contribution is 0.0735. The molecule has 0 radical (unpaired) electrons. The van der Waals surface area contributed by atoms with Crippen LogP contribution in [0.2, 0.25) is 0 Å². The van der Waals surface area contributed by atoms with Crippen LogP contribution in [0.15, 0.2) is 66.7 Å². The zero-order valence-corrected chi connectivity index (χ0v) is 18.3. The van der Waals surface area contributed by atoms with E-state index in [0.717, 1.165) is 29.7 Å². The molecule has 2 heterocycles. The molecule has 4 heteroatoms. The maximum Gasteiger partial charge on any atom is 0.254 e. The molecule has 156 valence electrons. The Labute approximate surface area is 183 Å². The zero-order chi connectivity index (χ0) is 21.5. The molecule has 0 unspecified atom stereocenters. The van der Waals surface area contributed by atoms with Crippen molar-refractivity contribution in [3.63, 3.8) is 0 Å². The number of fused-ring (bicyclic) bond motifs is 3. The van der Waals surface area contributed by atoms with Crippen LogP contribution < -0.4 is 4.90 Å². The fourth-order valence-corrected chi connectivity index (χ4v) is 4.40. The van der Waals surface area contributed by atoms with Crippen LogP contribution in [0.25, 0.3) is 22.0 Å². The first-order chi connectivity index (χ1) is 15.0. The SMILES string of the molecule is Cc1ccc(-c2ccc3[nH]c4c(c3c2)CN(C(=O)c2ccc(N(C)C)cc2)CC4)cc1. The molecular formula is C27H27N3O. The summed E-state index contributed by atoms with van der Waals surface area (Å²) in [6, 6.07) is 23.1. The van der Waals surface area contributed by atoms with Gasteiger partial charge in [0, 0.05) is 67.0 Å². The first-order valence-corrected chi connectivity index (χ1v) is 10.8. The molecule has 0 bridgehead atoms. The lowest BCUT2D eigenvalue weighted by atomic mass is 9.99. The summed E-state index contributed by atoms with van der Waals surface area (Å²) in [5, 5.41) is 1.22. The normalized spacial score (nSPS) is 13.3. The Hall–Kier alpha value is -3.53. The molecule has 1 aromatic heterocycles. The Morgan fingerprint density at radius 1 is 0.935 bits per heavy atom. The quantitative estimate of drug-likeness (QED) is 0.492. The number of nitrogens with zero attached hydrogens (tertiary/aromatic N) is 2. The van der Waals surface area contributed by atoms with Crippen LogP contribution in [0.5, 0.6) is 0 Å². The topological polar surface area (TPSA) is 39.3 Å². The molecule has 4 nitrogen and oxygen atoms in total. The van der Waals surface area contributed by atoms with Crippen molar-refractivity contribution in [2.75, 3.05) is 25.5 Å². The van der Waals surface area contributed by atoms with Crippen LogP contribution in [-0.2, 0) is 13.0 Å². The van der Waals surface area contributed by atoms with Crippen molar-refractivity contribution in [2.45, 2.75) is 19.9 Å². The van der Waals surface area contributed by atoms with Crippen molar-refractivity contribution in [1.82, 2.24) is 9.88 Å². The van der Waals surface area contributed by atoms with Crippen molar-refractivity contribution in [3.05, 3.63) is 89.1 Å². The van der Waals surface area contributed by atoms with E-state index in [2.05, 4.69) is 54.4 Å². The number of aryl methyl sites for hydroxylation is 1. The molecule has 1 N–H and O–H groups in total. The minimum absolute atomic E-state index is 0.0972. The van der Waals surface area contributed by atoms with Crippen LogP contribution in [0.3, 0.4) is 0 Å². The Bertz CT molecular complexity index is 1250. The van der Waals surface area contributed by atoms with Gasteiger partial charge in [0.15, 0.2) is 0 Å². The highest BCUT2D eigenvalue weighted by molar-refractivity contribution is 5.96. The Morgan fingerprint density at radius 3 is 2.35 bits per heavy atom. The molecule has 3 aromatic carbocycles. The van der Waals surface area contributed by atoms with E-state index in [4.69, 9.17) is 0 Å². The predicted octanol–water partition coefficient (Wildman–Crippen LogP) is 5.41. The van der Waals surface area contributed by atoms with Gasteiger partial charge in [0.2, 0.25) is 0 Å². The van der Waals surface area contributed by atoms with Gasteiger partial charge in [0.1, 0.15) is 0 Å². The van der Waals surface area contributed by atoms with Crippen LogP contribution in [0, 0.1) is 6.92 Å². The second-order valence-electron chi connectivity index (χ2n) is 8.63. The van der Waals surface area contributed by atoms with E-state index in [1.165, 1.54) is 33.3 Å². The van der Waals surface area contributed by atoms with E-state index >= 15 is 0 Å². The molecule has 0 atom stereocenters. The highest BCUT2D eigenvalue weighted by Crippen LogP contribution is 2.32. The highest BCUT2D eigenvalue weighted by Gasteiger charge is 2.25. The molecular weight excluding hydrogens is 382 g/mol. The Kier molecular flexibility index (Phi) is 4.78. The van der Waals surface area contributed by atoms with Crippen LogP contribution in [-0.4, -0.2) is 36.4 Å².